The number of esters is 1. The zero-order valence-electron chi connectivity index (χ0n) is 7.97. The molecule has 14 heavy (non-hydrogen) atoms. The van der Waals surface area contributed by atoms with Crippen LogP contribution in [0.2, 0.25) is 0 Å². The molecule has 0 aromatic carbocycles. The van der Waals surface area contributed by atoms with Crippen LogP contribution < -0.4 is 0 Å². The van der Waals surface area contributed by atoms with Crippen LogP contribution >= 0.6 is 0 Å². The minimum Gasteiger partial charge on any atom is -0.461 e. The fourth-order valence-corrected chi connectivity index (χ4v) is 1.98. The molecule has 0 aromatic rings. The Kier molecular flexibility index (Phi) is 2.41. The van der Waals surface area contributed by atoms with E-state index in [0.717, 1.165) is 6.42 Å². The summed E-state index contributed by atoms with van der Waals surface area (Å²) >= 11 is 0. The van der Waals surface area contributed by atoms with E-state index in [1.165, 1.54) is 0 Å². The van der Waals surface area contributed by atoms with Crippen molar-refractivity contribution in [3.8, 4) is 0 Å². The zero-order chi connectivity index (χ0) is 10.1. The monoisotopic (exact) mass is 199 g/mol. The highest BCUT2D eigenvalue weighted by atomic mass is 16.6. The lowest BCUT2D eigenvalue weighted by Crippen LogP contribution is -2.32. The van der Waals surface area contributed by atoms with Gasteiger partial charge < -0.3 is 14.7 Å². The summed E-state index contributed by atoms with van der Waals surface area (Å²) in [5, 5.41) is 13.3. The summed E-state index contributed by atoms with van der Waals surface area (Å²) in [4.78, 5) is 16.4. The van der Waals surface area contributed by atoms with Gasteiger partial charge in [-0.25, -0.2) is 4.79 Å². The molecule has 0 aromatic heterocycles. The number of aliphatic hydroxyl groups is 1. The van der Waals surface area contributed by atoms with E-state index in [-0.39, 0.29) is 17.7 Å². The SMILES string of the molecule is CCOC(=O)C1=NO[C@H]2CC[C@H](O)[C@@H]12. The molecule has 0 unspecified atom stereocenters. The molecule has 1 aliphatic heterocycles. The molecule has 0 bridgehead atoms. The number of carbonyl (C=O) groups excluding carboxylic acids is 1. The Morgan fingerprint density at radius 2 is 2.50 bits per heavy atom. The van der Waals surface area contributed by atoms with Crippen LogP contribution in [0.5, 0.6) is 0 Å². The van der Waals surface area contributed by atoms with Gasteiger partial charge >= 0.3 is 5.97 Å². The van der Waals surface area contributed by atoms with E-state index in [1.807, 2.05) is 0 Å². The first kappa shape index (κ1) is 9.45. The Labute approximate surface area is 81.7 Å². The number of hydrogen-bond donors (Lipinski definition) is 1. The molecular weight excluding hydrogens is 186 g/mol. The highest BCUT2D eigenvalue weighted by molar-refractivity contribution is 6.37. The lowest BCUT2D eigenvalue weighted by molar-refractivity contribution is -0.135. The number of nitrogens with zero attached hydrogens (tertiary/aromatic N) is 1. The Morgan fingerprint density at radius 1 is 1.71 bits per heavy atom. The van der Waals surface area contributed by atoms with Crippen molar-refractivity contribution in [2.75, 3.05) is 6.61 Å². The van der Waals surface area contributed by atoms with Gasteiger partial charge in [0.05, 0.1) is 18.6 Å². The summed E-state index contributed by atoms with van der Waals surface area (Å²) < 4.78 is 4.82. The third kappa shape index (κ3) is 1.37. The maximum atomic E-state index is 11.4. The summed E-state index contributed by atoms with van der Waals surface area (Å²) in [7, 11) is 0. The second-order valence-corrected chi connectivity index (χ2v) is 3.51. The fourth-order valence-electron chi connectivity index (χ4n) is 1.98. The number of oxime groups is 1. The van der Waals surface area contributed by atoms with Gasteiger partial charge in [-0.1, -0.05) is 5.16 Å². The van der Waals surface area contributed by atoms with E-state index in [9.17, 15) is 9.90 Å². The maximum absolute atomic E-state index is 11.4. The van der Waals surface area contributed by atoms with Crippen molar-refractivity contribution >= 4 is 11.7 Å². The number of ether oxygens (including phenoxy) is 1. The van der Waals surface area contributed by atoms with Crippen LogP contribution in [0.3, 0.4) is 0 Å². The first-order chi connectivity index (χ1) is 6.74. The molecule has 5 heteroatoms. The number of aliphatic hydroxyl groups excluding tert-OH is 1. The molecule has 3 atom stereocenters. The number of carbonyl (C=O) groups is 1. The Bertz CT molecular complexity index is 276. The molecule has 0 amide bonds. The van der Waals surface area contributed by atoms with E-state index in [4.69, 9.17) is 9.57 Å². The number of fused-ring (bicyclic) bond motifs is 1. The topological polar surface area (TPSA) is 68.1 Å². The summed E-state index contributed by atoms with van der Waals surface area (Å²) in [5.41, 5.74) is 0.238. The average Bonchev–Trinajstić information content (AvgIpc) is 2.70. The van der Waals surface area contributed by atoms with Crippen LogP contribution in [0.1, 0.15) is 19.8 Å². The molecule has 0 spiro atoms. The summed E-state index contributed by atoms with van der Waals surface area (Å²) in [5.74, 6) is -0.755. The van der Waals surface area contributed by atoms with Crippen molar-refractivity contribution in [3.05, 3.63) is 0 Å². The first-order valence-electron chi connectivity index (χ1n) is 4.83. The van der Waals surface area contributed by atoms with Crippen molar-refractivity contribution in [1.29, 1.82) is 0 Å². The van der Waals surface area contributed by atoms with E-state index < -0.39 is 12.1 Å². The van der Waals surface area contributed by atoms with Gasteiger partial charge in [0.15, 0.2) is 5.71 Å². The Hall–Kier alpha value is -1.10. The van der Waals surface area contributed by atoms with Crippen LogP contribution in [0, 0.1) is 5.92 Å². The fraction of sp³-hybridized carbons (Fsp3) is 0.778. The van der Waals surface area contributed by atoms with E-state index in [2.05, 4.69) is 5.16 Å². The zero-order valence-corrected chi connectivity index (χ0v) is 7.97. The minimum absolute atomic E-state index is 0.135. The maximum Gasteiger partial charge on any atom is 0.356 e. The van der Waals surface area contributed by atoms with Crippen LogP contribution in [-0.2, 0) is 14.4 Å². The highest BCUT2D eigenvalue weighted by Crippen LogP contribution is 2.34. The smallest absolute Gasteiger partial charge is 0.356 e. The summed E-state index contributed by atoms with van der Waals surface area (Å²) in [6, 6.07) is 0. The van der Waals surface area contributed by atoms with Gasteiger partial charge in [-0.3, -0.25) is 0 Å². The quantitative estimate of drug-likeness (QED) is 0.639. The van der Waals surface area contributed by atoms with Crippen molar-refractivity contribution in [1.82, 2.24) is 0 Å². The normalized spacial score (nSPS) is 34.7. The number of rotatable bonds is 2. The van der Waals surface area contributed by atoms with Crippen molar-refractivity contribution in [3.63, 3.8) is 0 Å². The van der Waals surface area contributed by atoms with Gasteiger partial charge in [0.25, 0.3) is 0 Å². The first-order valence-corrected chi connectivity index (χ1v) is 4.83. The lowest BCUT2D eigenvalue weighted by Gasteiger charge is -2.11. The molecular formula is C9H13NO4. The molecule has 1 fully saturated rings. The second kappa shape index (κ2) is 3.57. The third-order valence-electron chi connectivity index (χ3n) is 2.65. The predicted octanol–water partition coefficient (Wildman–Crippen LogP) is 0.0752. The van der Waals surface area contributed by atoms with Crippen molar-refractivity contribution < 1.29 is 19.5 Å². The van der Waals surface area contributed by atoms with Gasteiger partial charge in [0.2, 0.25) is 0 Å². The molecule has 1 heterocycles. The molecule has 0 saturated heterocycles. The van der Waals surface area contributed by atoms with Crippen LogP contribution in [0.4, 0.5) is 0 Å². The van der Waals surface area contributed by atoms with E-state index >= 15 is 0 Å². The van der Waals surface area contributed by atoms with Gasteiger partial charge in [-0.05, 0) is 19.8 Å². The predicted molar refractivity (Wildman–Crippen MR) is 47.7 cm³/mol. The minimum atomic E-state index is -0.523. The van der Waals surface area contributed by atoms with E-state index in [0.29, 0.717) is 13.0 Å². The largest absolute Gasteiger partial charge is 0.461 e. The standard InChI is InChI=1S/C9H13NO4/c1-2-13-9(12)8-7-5(11)3-4-6(7)14-10-8/h5-7,11H,2-4H2,1H3/t5-,6-,7+/m0/s1. The lowest BCUT2D eigenvalue weighted by atomic mass is 9.98. The van der Waals surface area contributed by atoms with Crippen molar-refractivity contribution in [2.24, 2.45) is 11.1 Å². The summed E-state index contributed by atoms with van der Waals surface area (Å²) in [6.07, 6.45) is 0.751. The van der Waals surface area contributed by atoms with Gasteiger partial charge in [-0.15, -0.1) is 0 Å². The Balaban J connectivity index is 2.09. The average molecular weight is 199 g/mol. The number of hydrogen-bond acceptors (Lipinski definition) is 5. The molecule has 1 aliphatic carbocycles. The van der Waals surface area contributed by atoms with Gasteiger partial charge in [0.1, 0.15) is 6.10 Å². The second-order valence-electron chi connectivity index (χ2n) is 3.51. The molecule has 1 saturated carbocycles. The Morgan fingerprint density at radius 3 is 3.21 bits per heavy atom. The molecule has 5 nitrogen and oxygen atoms in total. The van der Waals surface area contributed by atoms with Crippen LogP contribution in [0.25, 0.3) is 0 Å². The molecule has 1 N–H and O–H groups in total. The molecule has 78 valence electrons. The van der Waals surface area contributed by atoms with Crippen LogP contribution in [0.15, 0.2) is 5.16 Å². The highest BCUT2D eigenvalue weighted by Gasteiger charge is 2.47. The van der Waals surface area contributed by atoms with Crippen molar-refractivity contribution in [2.45, 2.75) is 32.0 Å². The summed E-state index contributed by atoms with van der Waals surface area (Å²) in [6.45, 7) is 2.04. The van der Waals surface area contributed by atoms with E-state index in [1.54, 1.807) is 6.92 Å². The van der Waals surface area contributed by atoms with Gasteiger partial charge in [-0.2, -0.15) is 0 Å². The molecule has 2 aliphatic rings. The molecule has 0 radical (unpaired) electrons. The third-order valence-corrected chi connectivity index (χ3v) is 2.65. The van der Waals surface area contributed by atoms with Crippen LogP contribution in [-0.4, -0.2) is 35.6 Å². The van der Waals surface area contributed by atoms with Gasteiger partial charge in [0, 0.05) is 0 Å². The molecule has 2 rings (SSSR count).